The molecule has 1 aromatic carbocycles. The number of aliphatic carboxylic acids is 1. The molecule has 4 unspecified atom stereocenters. The number of hydrogen-bond acceptors (Lipinski definition) is 6. The number of carbonyl (C=O) groups is 5. The van der Waals surface area contributed by atoms with Gasteiger partial charge in [-0.1, -0.05) is 45.9 Å². The molecule has 0 spiro atoms. The van der Waals surface area contributed by atoms with Gasteiger partial charge in [-0.15, -0.1) is 0 Å². The van der Waals surface area contributed by atoms with Gasteiger partial charge in [0.1, 0.15) is 18.1 Å². The van der Waals surface area contributed by atoms with Crippen LogP contribution in [0.4, 0.5) is 0 Å². The van der Waals surface area contributed by atoms with E-state index >= 15 is 0 Å². The van der Waals surface area contributed by atoms with E-state index in [2.05, 4.69) is 20.9 Å². The van der Waals surface area contributed by atoms with Crippen LogP contribution >= 0.6 is 0 Å². The van der Waals surface area contributed by atoms with Crippen molar-refractivity contribution in [2.45, 2.75) is 71.1 Å². The first-order valence-electron chi connectivity index (χ1n) is 12.5. The maximum absolute atomic E-state index is 13.2. The van der Waals surface area contributed by atoms with Gasteiger partial charge in [-0.25, -0.2) is 4.79 Å². The second-order valence-electron chi connectivity index (χ2n) is 10.0. The Kier molecular flexibility index (Phi) is 10.8. The molecule has 0 aliphatic rings. The predicted octanol–water partition coefficient (Wildman–Crippen LogP) is 0.154. The highest BCUT2D eigenvalue weighted by molar-refractivity contribution is 5.94. The lowest BCUT2D eigenvalue weighted by molar-refractivity contribution is -0.143. The van der Waals surface area contributed by atoms with Gasteiger partial charge in [0, 0.05) is 23.5 Å². The number of primary amides is 1. The molecule has 38 heavy (non-hydrogen) atoms. The molecule has 0 fully saturated rings. The molecule has 4 atom stereocenters. The Morgan fingerprint density at radius 1 is 0.895 bits per heavy atom. The van der Waals surface area contributed by atoms with Crippen molar-refractivity contribution < 1.29 is 29.1 Å². The summed E-state index contributed by atoms with van der Waals surface area (Å²) in [6.07, 6.45) is 1.66. The molecule has 0 bridgehead atoms. The van der Waals surface area contributed by atoms with Crippen LogP contribution in [0.1, 0.15) is 46.1 Å². The second kappa shape index (κ2) is 13.6. The summed E-state index contributed by atoms with van der Waals surface area (Å²) in [6, 6.07) is 3.13. The van der Waals surface area contributed by atoms with Gasteiger partial charge in [0.05, 0.1) is 6.04 Å². The van der Waals surface area contributed by atoms with Gasteiger partial charge in [-0.3, -0.25) is 19.2 Å². The Labute approximate surface area is 221 Å². The van der Waals surface area contributed by atoms with Gasteiger partial charge >= 0.3 is 5.97 Å². The third-order valence-electron chi connectivity index (χ3n) is 6.24. The molecule has 12 heteroatoms. The Morgan fingerprint density at radius 3 is 2.08 bits per heavy atom. The normalized spacial score (nSPS) is 14.5. The van der Waals surface area contributed by atoms with Crippen LogP contribution in [0.15, 0.2) is 30.5 Å². The summed E-state index contributed by atoms with van der Waals surface area (Å²) >= 11 is 0. The average Bonchev–Trinajstić information content (AvgIpc) is 3.24. The highest BCUT2D eigenvalue weighted by Crippen LogP contribution is 2.19. The number of nitrogens with two attached hydrogens (primary N) is 2. The zero-order valence-electron chi connectivity index (χ0n) is 22.1. The number of carboxylic acid groups (broad SMARTS) is 1. The number of fused-ring (bicyclic) bond motifs is 1. The maximum atomic E-state index is 13.2. The molecule has 208 valence electrons. The summed E-state index contributed by atoms with van der Waals surface area (Å²) < 4.78 is 0. The zero-order valence-corrected chi connectivity index (χ0v) is 22.1. The average molecular weight is 531 g/mol. The smallest absolute Gasteiger partial charge is 0.326 e. The van der Waals surface area contributed by atoms with E-state index < -0.39 is 59.7 Å². The summed E-state index contributed by atoms with van der Waals surface area (Å²) in [4.78, 5) is 65.0. The fraction of sp³-hybridized carbons (Fsp3) is 0.500. The van der Waals surface area contributed by atoms with Crippen LogP contribution in [0.3, 0.4) is 0 Å². The first-order valence-corrected chi connectivity index (χ1v) is 12.5. The van der Waals surface area contributed by atoms with E-state index in [1.165, 1.54) is 0 Å². The van der Waals surface area contributed by atoms with Gasteiger partial charge < -0.3 is 37.5 Å². The number of rotatable bonds is 14. The first kappa shape index (κ1) is 30.3. The van der Waals surface area contributed by atoms with Crippen LogP contribution in [0.25, 0.3) is 10.9 Å². The van der Waals surface area contributed by atoms with E-state index in [0.717, 1.165) is 16.5 Å². The van der Waals surface area contributed by atoms with E-state index in [9.17, 15) is 29.1 Å². The molecule has 0 saturated carbocycles. The number of para-hydroxylation sites is 1. The summed E-state index contributed by atoms with van der Waals surface area (Å²) in [6.45, 7) is 6.67. The number of hydrogen-bond donors (Lipinski definition) is 7. The van der Waals surface area contributed by atoms with Crippen LogP contribution in [0.5, 0.6) is 0 Å². The van der Waals surface area contributed by atoms with Crippen LogP contribution in [0, 0.1) is 11.8 Å². The largest absolute Gasteiger partial charge is 0.480 e. The molecule has 0 aliphatic heterocycles. The van der Waals surface area contributed by atoms with Gasteiger partial charge in [-0.05, 0) is 36.3 Å². The summed E-state index contributed by atoms with van der Waals surface area (Å²) in [5.41, 5.74) is 13.1. The number of nitrogens with one attached hydrogen (secondary N) is 4. The number of carbonyl (C=O) groups excluding carboxylic acids is 4. The second-order valence-corrected chi connectivity index (χ2v) is 10.0. The highest BCUT2D eigenvalue weighted by Gasteiger charge is 2.33. The molecule has 9 N–H and O–H groups in total. The Morgan fingerprint density at radius 2 is 1.50 bits per heavy atom. The van der Waals surface area contributed by atoms with Crippen LogP contribution < -0.4 is 27.4 Å². The van der Waals surface area contributed by atoms with Crippen molar-refractivity contribution in [2.24, 2.45) is 23.3 Å². The van der Waals surface area contributed by atoms with Gasteiger partial charge in [0.2, 0.25) is 23.6 Å². The fourth-order valence-corrected chi connectivity index (χ4v) is 4.01. The Hall–Kier alpha value is -3.93. The molecule has 2 rings (SSSR count). The molecule has 1 heterocycles. The van der Waals surface area contributed by atoms with Crippen LogP contribution in [-0.4, -0.2) is 63.9 Å². The van der Waals surface area contributed by atoms with Crippen molar-refractivity contribution in [1.82, 2.24) is 20.9 Å². The lowest BCUT2D eigenvalue weighted by Gasteiger charge is -2.27. The van der Waals surface area contributed by atoms with E-state index in [4.69, 9.17) is 11.5 Å². The minimum Gasteiger partial charge on any atom is -0.480 e. The van der Waals surface area contributed by atoms with Gasteiger partial charge in [-0.2, -0.15) is 0 Å². The molecule has 4 amide bonds. The van der Waals surface area contributed by atoms with Crippen molar-refractivity contribution >= 4 is 40.5 Å². The van der Waals surface area contributed by atoms with Crippen molar-refractivity contribution in [3.8, 4) is 0 Å². The summed E-state index contributed by atoms with van der Waals surface area (Å²) in [5, 5.41) is 17.9. The third kappa shape index (κ3) is 8.30. The predicted molar refractivity (Wildman–Crippen MR) is 142 cm³/mol. The van der Waals surface area contributed by atoms with Crippen molar-refractivity contribution in [3.05, 3.63) is 36.0 Å². The minimum absolute atomic E-state index is 0.108. The van der Waals surface area contributed by atoms with Crippen molar-refractivity contribution in [2.75, 3.05) is 0 Å². The number of H-pyrrole nitrogens is 1. The maximum Gasteiger partial charge on any atom is 0.326 e. The fourth-order valence-electron chi connectivity index (χ4n) is 4.01. The Bertz CT molecular complexity index is 1160. The van der Waals surface area contributed by atoms with E-state index in [0.29, 0.717) is 0 Å². The number of benzene rings is 1. The van der Waals surface area contributed by atoms with Gasteiger partial charge in [0.15, 0.2) is 0 Å². The molecular formula is C26H38N6O6. The monoisotopic (exact) mass is 530 g/mol. The standard InChI is InChI=1S/C26H38N6O6/c1-13(2)21(25(36)32-22(14(3)4)26(37)38)31-24(35)19(9-10-20(28)33)30-23(34)17(27)11-15-12-29-18-8-6-5-7-16(15)18/h5-8,12-14,17,19,21-22,29H,9-11,27H2,1-4H3,(H2,28,33)(H,30,34)(H,31,35)(H,32,36)(H,37,38). The quantitative estimate of drug-likeness (QED) is 0.180. The SMILES string of the molecule is CC(C)C(NC(=O)C(NC(=O)C(CCC(N)=O)NC(=O)C(N)Cc1c[nH]c2ccccc12)C(C)C)C(=O)O. The molecular weight excluding hydrogens is 492 g/mol. The minimum atomic E-state index is -1.20. The Balaban J connectivity index is 2.14. The van der Waals surface area contributed by atoms with Crippen molar-refractivity contribution in [3.63, 3.8) is 0 Å². The van der Waals surface area contributed by atoms with E-state index in [1.807, 2.05) is 24.3 Å². The van der Waals surface area contributed by atoms with E-state index in [-0.39, 0.29) is 25.2 Å². The molecule has 0 radical (unpaired) electrons. The zero-order chi connectivity index (χ0) is 28.6. The molecule has 0 aliphatic carbocycles. The number of aromatic nitrogens is 1. The van der Waals surface area contributed by atoms with E-state index in [1.54, 1.807) is 33.9 Å². The number of carboxylic acids is 1. The first-order chi connectivity index (χ1) is 17.8. The highest BCUT2D eigenvalue weighted by atomic mass is 16.4. The van der Waals surface area contributed by atoms with Crippen molar-refractivity contribution in [1.29, 1.82) is 0 Å². The molecule has 0 saturated heterocycles. The third-order valence-corrected chi connectivity index (χ3v) is 6.24. The lowest BCUT2D eigenvalue weighted by Crippen LogP contribution is -2.59. The number of aromatic amines is 1. The lowest BCUT2D eigenvalue weighted by atomic mass is 9.99. The van der Waals surface area contributed by atoms with Crippen LogP contribution in [0.2, 0.25) is 0 Å². The summed E-state index contributed by atoms with van der Waals surface area (Å²) in [5.74, 6) is -4.67. The molecule has 12 nitrogen and oxygen atoms in total. The number of amides is 4. The summed E-state index contributed by atoms with van der Waals surface area (Å²) in [7, 11) is 0. The van der Waals surface area contributed by atoms with Gasteiger partial charge in [0.25, 0.3) is 0 Å². The van der Waals surface area contributed by atoms with Crippen LogP contribution in [-0.2, 0) is 30.4 Å². The molecule has 1 aromatic heterocycles. The molecule has 2 aromatic rings. The topological polar surface area (TPSA) is 209 Å².